The highest BCUT2D eigenvalue weighted by atomic mass is 16.5. The first-order valence-electron chi connectivity index (χ1n) is 25.3. The van der Waals surface area contributed by atoms with Crippen LogP contribution in [0.2, 0.25) is 0 Å². The summed E-state index contributed by atoms with van der Waals surface area (Å²) >= 11 is 0. The summed E-state index contributed by atoms with van der Waals surface area (Å²) in [5.41, 5.74) is 1.38. The van der Waals surface area contributed by atoms with Crippen LogP contribution in [0.3, 0.4) is 0 Å². The van der Waals surface area contributed by atoms with Crippen LogP contribution in [0.15, 0.2) is 78.9 Å². The number of likely N-dealkylation sites (N-methyl/N-ethyl adjacent to an activating group) is 1. The smallest absolute Gasteiger partial charge is 0.329 e. The van der Waals surface area contributed by atoms with Gasteiger partial charge in [-0.3, -0.25) is 33.6 Å². The van der Waals surface area contributed by atoms with Crippen LogP contribution in [0.1, 0.15) is 105 Å². The third-order valence-electron chi connectivity index (χ3n) is 12.4. The first kappa shape index (κ1) is 60.7. The first-order chi connectivity index (χ1) is 34.6. The maximum atomic E-state index is 13.9. The molecule has 73 heavy (non-hydrogen) atoms. The molecular weight excluding hydrogens is 939 g/mol. The van der Waals surface area contributed by atoms with Crippen LogP contribution in [-0.2, 0) is 55.9 Å². The number of phenols is 1. The van der Waals surface area contributed by atoms with Crippen LogP contribution >= 0.6 is 0 Å². The molecule has 19 nitrogen and oxygen atoms in total. The second kappa shape index (κ2) is 31.1. The molecule has 0 fully saturated rings. The van der Waals surface area contributed by atoms with E-state index in [1.165, 1.54) is 30.2 Å². The predicted molar refractivity (Wildman–Crippen MR) is 275 cm³/mol. The standard InChI is InChI=1S/C54H79N7O12/c1-9-10-11-12-13-14-18-21-44(65)56-40(28-36-19-16-15-17-20-36)50(68)60-48(34(4)5)52(70)57-41(31-62)43(64)30-46(67)59-47(33(2)3)51(69)55-38-24-27-45(66)58-49(35(6)7)53(71)61(8)42(54(72)73-32-38)29-37-22-25-39(63)26-23-37/h14-20,22-27,33-35,38,40-43,47-49,62-64H,9-13,21,28-32H2,1-8H3,(H,55,69)(H,56,65)(H,57,70)(H,58,66)(H,59,67)(H,60,68). The normalized spacial score (nSPS) is 18.7. The molecule has 0 saturated heterocycles. The maximum Gasteiger partial charge on any atom is 0.329 e. The lowest BCUT2D eigenvalue weighted by Gasteiger charge is -2.32. The number of allylic oxidation sites excluding steroid dienone is 1. The van der Waals surface area contributed by atoms with Gasteiger partial charge in [-0.05, 0) is 53.9 Å². The Morgan fingerprint density at radius 3 is 2.07 bits per heavy atom. The number of benzene rings is 2. The fourth-order valence-electron chi connectivity index (χ4n) is 7.94. The summed E-state index contributed by atoms with van der Waals surface area (Å²) in [7, 11) is 1.42. The van der Waals surface area contributed by atoms with Crippen molar-refractivity contribution in [3.05, 3.63) is 90.0 Å². The lowest BCUT2D eigenvalue weighted by molar-refractivity contribution is -0.156. The van der Waals surface area contributed by atoms with Gasteiger partial charge in [0.25, 0.3) is 0 Å². The largest absolute Gasteiger partial charge is 0.508 e. The number of carbonyl (C=O) groups is 8. The van der Waals surface area contributed by atoms with Crippen molar-refractivity contribution in [3.63, 3.8) is 0 Å². The SMILES string of the molecule is CCCCCCC=CCC(=O)NC(Cc1ccccc1)C(=O)NC(C(=O)NC(CO)C(O)CC(=O)NC(C(=O)NC1C=CC(=O)NC(C(C)C)C(=O)N(C)C(Cc2ccc(O)cc2)C(=O)OC1)C(C)C)C(C)C. The van der Waals surface area contributed by atoms with Crippen molar-refractivity contribution in [1.82, 2.24) is 36.8 Å². The van der Waals surface area contributed by atoms with Gasteiger partial charge in [0.2, 0.25) is 41.4 Å². The number of esters is 1. The van der Waals surface area contributed by atoms with Gasteiger partial charge in [-0.1, -0.05) is 128 Å². The summed E-state index contributed by atoms with van der Waals surface area (Å²) in [5, 5.41) is 47.3. The lowest BCUT2D eigenvalue weighted by atomic mass is 9.99. The summed E-state index contributed by atoms with van der Waals surface area (Å²) in [6.45, 7) is 11.0. The molecule has 8 unspecified atom stereocenters. The molecule has 1 aliphatic rings. The Morgan fingerprint density at radius 2 is 1.45 bits per heavy atom. The van der Waals surface area contributed by atoms with Crippen LogP contribution < -0.4 is 31.9 Å². The second-order valence-electron chi connectivity index (χ2n) is 19.6. The highest BCUT2D eigenvalue weighted by Crippen LogP contribution is 2.18. The average Bonchev–Trinajstić information content (AvgIpc) is 3.34. The van der Waals surface area contributed by atoms with Crippen molar-refractivity contribution in [3.8, 4) is 5.75 Å². The summed E-state index contributed by atoms with van der Waals surface area (Å²) < 4.78 is 5.66. The predicted octanol–water partition coefficient (Wildman–Crippen LogP) is 2.65. The van der Waals surface area contributed by atoms with Crippen LogP contribution in [0.4, 0.5) is 0 Å². The van der Waals surface area contributed by atoms with E-state index >= 15 is 0 Å². The first-order valence-corrected chi connectivity index (χ1v) is 25.3. The van der Waals surface area contributed by atoms with E-state index in [2.05, 4.69) is 38.8 Å². The number of hydrogen-bond donors (Lipinski definition) is 9. The highest BCUT2D eigenvalue weighted by molar-refractivity contribution is 5.95. The van der Waals surface area contributed by atoms with E-state index in [-0.39, 0.29) is 36.8 Å². The van der Waals surface area contributed by atoms with E-state index in [0.29, 0.717) is 5.56 Å². The molecule has 402 valence electrons. The Kier molecular flexibility index (Phi) is 25.9. The Morgan fingerprint density at radius 1 is 0.795 bits per heavy atom. The minimum Gasteiger partial charge on any atom is -0.508 e. The summed E-state index contributed by atoms with van der Waals surface area (Å²) in [5.74, 6) is -6.72. The molecule has 7 amide bonds. The maximum absolute atomic E-state index is 13.9. The number of rotatable bonds is 26. The monoisotopic (exact) mass is 1020 g/mol. The zero-order valence-corrected chi connectivity index (χ0v) is 43.6. The number of nitrogens with zero attached hydrogens (tertiary/aromatic N) is 1. The van der Waals surface area contributed by atoms with Crippen molar-refractivity contribution in [2.45, 2.75) is 155 Å². The van der Waals surface area contributed by atoms with Crippen molar-refractivity contribution >= 4 is 47.3 Å². The number of phenolic OH excluding ortho intramolecular Hbond substituents is 1. The Balaban J connectivity index is 1.71. The molecule has 0 spiro atoms. The molecule has 9 N–H and O–H groups in total. The molecule has 2 aromatic carbocycles. The van der Waals surface area contributed by atoms with Crippen molar-refractivity contribution < 1.29 is 58.4 Å². The molecular formula is C54H79N7O12. The van der Waals surface area contributed by atoms with Gasteiger partial charge in [-0.2, -0.15) is 0 Å². The lowest BCUT2D eigenvalue weighted by Crippen LogP contribution is -2.59. The van der Waals surface area contributed by atoms with Gasteiger partial charge in [0, 0.05) is 32.4 Å². The molecule has 2 aromatic rings. The molecule has 0 aliphatic carbocycles. The van der Waals surface area contributed by atoms with E-state index in [9.17, 15) is 53.7 Å². The number of aliphatic hydroxyl groups excluding tert-OH is 2. The van der Waals surface area contributed by atoms with E-state index in [1.54, 1.807) is 59.8 Å². The van der Waals surface area contributed by atoms with Crippen LogP contribution in [0.5, 0.6) is 5.75 Å². The van der Waals surface area contributed by atoms with E-state index in [1.807, 2.05) is 36.4 Å². The van der Waals surface area contributed by atoms with Crippen molar-refractivity contribution in [1.29, 1.82) is 0 Å². The highest BCUT2D eigenvalue weighted by Gasteiger charge is 2.37. The van der Waals surface area contributed by atoms with Gasteiger partial charge >= 0.3 is 5.97 Å². The van der Waals surface area contributed by atoms with Crippen LogP contribution in [0.25, 0.3) is 0 Å². The number of unbranched alkanes of at least 4 members (excludes halogenated alkanes) is 4. The molecule has 8 atom stereocenters. The Bertz CT molecular complexity index is 2180. The Hall–Kier alpha value is -6.60. The number of aliphatic hydroxyl groups is 2. The van der Waals surface area contributed by atoms with E-state index < -0.39 is 121 Å². The summed E-state index contributed by atoms with van der Waals surface area (Å²) in [4.78, 5) is 110. The molecule has 1 aliphatic heterocycles. The molecule has 0 bridgehead atoms. The molecule has 0 saturated carbocycles. The van der Waals surface area contributed by atoms with E-state index in [4.69, 9.17) is 4.74 Å². The van der Waals surface area contributed by atoms with Gasteiger partial charge in [0.1, 0.15) is 42.6 Å². The Labute approximate surface area is 429 Å². The van der Waals surface area contributed by atoms with Gasteiger partial charge in [-0.25, -0.2) is 4.79 Å². The number of amides is 7. The number of aromatic hydroxyl groups is 1. The van der Waals surface area contributed by atoms with Gasteiger partial charge in [0.15, 0.2) is 0 Å². The van der Waals surface area contributed by atoms with Gasteiger partial charge in [0.05, 0.1) is 31.2 Å². The van der Waals surface area contributed by atoms with E-state index in [0.717, 1.165) is 43.7 Å². The fourth-order valence-corrected chi connectivity index (χ4v) is 7.94. The quantitative estimate of drug-likeness (QED) is 0.0374. The van der Waals surface area contributed by atoms with Crippen LogP contribution in [-0.4, -0.2) is 136 Å². The third kappa shape index (κ3) is 20.8. The number of carbonyl (C=O) groups excluding carboxylic acids is 8. The number of ether oxygens (including phenoxy) is 1. The van der Waals surface area contributed by atoms with Gasteiger partial charge in [-0.15, -0.1) is 0 Å². The molecule has 0 aromatic heterocycles. The second-order valence-corrected chi connectivity index (χ2v) is 19.6. The fraction of sp³-hybridized carbons (Fsp3) is 0.556. The number of nitrogens with one attached hydrogen (secondary N) is 6. The zero-order valence-electron chi connectivity index (χ0n) is 43.6. The van der Waals surface area contributed by atoms with Crippen LogP contribution in [0, 0.1) is 17.8 Å². The molecule has 3 rings (SSSR count). The van der Waals surface area contributed by atoms with Gasteiger partial charge < -0.3 is 56.9 Å². The molecule has 0 radical (unpaired) electrons. The average molecular weight is 1020 g/mol. The van der Waals surface area contributed by atoms with Crippen molar-refractivity contribution in [2.75, 3.05) is 20.3 Å². The minimum absolute atomic E-state index is 0.00423. The molecule has 19 heteroatoms. The third-order valence-corrected chi connectivity index (χ3v) is 12.4. The summed E-state index contributed by atoms with van der Waals surface area (Å²) in [6.07, 6.45) is 9.22. The zero-order chi connectivity index (χ0) is 54.2. The molecule has 1 heterocycles. The summed E-state index contributed by atoms with van der Waals surface area (Å²) in [6, 6.07) is 7.02. The topological polar surface area (TPSA) is 282 Å². The number of hydrogen-bond acceptors (Lipinski definition) is 12. The van der Waals surface area contributed by atoms with Crippen molar-refractivity contribution in [2.24, 2.45) is 17.8 Å². The minimum atomic E-state index is -1.67. The number of cyclic esters (lactones) is 1.